The molecule has 0 saturated heterocycles. The lowest BCUT2D eigenvalue weighted by Crippen LogP contribution is -1.82. The summed E-state index contributed by atoms with van der Waals surface area (Å²) in [6, 6.07) is 2.82. The zero-order chi connectivity index (χ0) is 10.1. The van der Waals surface area contributed by atoms with Crippen LogP contribution in [0.15, 0.2) is 28.6 Å². The monoisotopic (exact) mass is 231 g/mol. The first kappa shape index (κ1) is 9.57. The molecular formula is C8H6FNO2S2. The minimum Gasteiger partial charge on any atom is -0.359 e. The van der Waals surface area contributed by atoms with Gasteiger partial charge in [0.1, 0.15) is 5.82 Å². The summed E-state index contributed by atoms with van der Waals surface area (Å²) in [5.41, 5.74) is 0.523. The quantitative estimate of drug-likeness (QED) is 0.780. The van der Waals surface area contributed by atoms with Crippen molar-refractivity contribution >= 4 is 22.4 Å². The Morgan fingerprint density at radius 3 is 2.86 bits per heavy atom. The van der Waals surface area contributed by atoms with Crippen molar-refractivity contribution in [2.75, 3.05) is 0 Å². The predicted molar refractivity (Wildman–Crippen MR) is 53.1 cm³/mol. The molecule has 2 N–H and O–H groups in total. The van der Waals surface area contributed by atoms with Crippen LogP contribution in [0, 0.1) is 5.82 Å². The Hall–Kier alpha value is -0.980. The number of thiophene rings is 1. The molecule has 0 aliphatic rings. The Bertz CT molecular complexity index is 477. The van der Waals surface area contributed by atoms with Gasteiger partial charge in [0.15, 0.2) is 11.1 Å². The summed E-state index contributed by atoms with van der Waals surface area (Å²) < 4.78 is 32.5. The second-order valence-corrected chi connectivity index (χ2v) is 4.48. The van der Waals surface area contributed by atoms with Gasteiger partial charge in [-0.1, -0.05) is 0 Å². The lowest BCUT2D eigenvalue weighted by molar-refractivity contribution is 0.564. The highest BCUT2D eigenvalue weighted by Crippen LogP contribution is 2.28. The SMILES string of the molecule is O=S(O)c1c[nH]c(-c2sccc2F)c1. The molecule has 2 rings (SSSR count). The van der Waals surface area contributed by atoms with E-state index in [1.807, 2.05) is 0 Å². The van der Waals surface area contributed by atoms with Crippen molar-refractivity contribution in [3.05, 3.63) is 29.5 Å². The number of nitrogens with one attached hydrogen (secondary N) is 1. The summed E-state index contributed by atoms with van der Waals surface area (Å²) in [5, 5.41) is 1.63. The Balaban J connectivity index is 2.43. The summed E-state index contributed by atoms with van der Waals surface area (Å²) in [6.07, 6.45) is 1.39. The molecule has 6 heteroatoms. The molecule has 2 aromatic heterocycles. The van der Waals surface area contributed by atoms with Gasteiger partial charge in [-0.25, -0.2) is 8.60 Å². The molecule has 0 aromatic carbocycles. The lowest BCUT2D eigenvalue weighted by atomic mass is 10.3. The third-order valence-electron chi connectivity index (χ3n) is 1.72. The Morgan fingerprint density at radius 2 is 2.36 bits per heavy atom. The fourth-order valence-corrected chi connectivity index (χ4v) is 2.22. The van der Waals surface area contributed by atoms with Crippen molar-refractivity contribution in [2.24, 2.45) is 0 Å². The highest BCUT2D eigenvalue weighted by molar-refractivity contribution is 7.79. The van der Waals surface area contributed by atoms with Crippen LogP contribution < -0.4 is 0 Å². The first-order valence-corrected chi connectivity index (χ1v) is 5.70. The van der Waals surface area contributed by atoms with E-state index in [1.165, 1.54) is 29.7 Å². The van der Waals surface area contributed by atoms with Crippen molar-refractivity contribution in [1.82, 2.24) is 4.98 Å². The molecule has 0 bridgehead atoms. The van der Waals surface area contributed by atoms with E-state index in [2.05, 4.69) is 4.98 Å². The molecule has 0 aliphatic carbocycles. The summed E-state index contributed by atoms with van der Waals surface area (Å²) in [5.74, 6) is -0.327. The second-order valence-electron chi connectivity index (χ2n) is 2.60. The van der Waals surface area contributed by atoms with Crippen LogP contribution in [0.2, 0.25) is 0 Å². The van der Waals surface area contributed by atoms with E-state index in [0.29, 0.717) is 10.6 Å². The fraction of sp³-hybridized carbons (Fsp3) is 0. The highest BCUT2D eigenvalue weighted by atomic mass is 32.2. The number of hydrogen-bond donors (Lipinski definition) is 2. The van der Waals surface area contributed by atoms with E-state index in [4.69, 9.17) is 4.55 Å². The largest absolute Gasteiger partial charge is 0.359 e. The van der Waals surface area contributed by atoms with Crippen LogP contribution in [0.3, 0.4) is 0 Å². The van der Waals surface area contributed by atoms with E-state index >= 15 is 0 Å². The molecule has 0 aliphatic heterocycles. The number of H-pyrrole nitrogens is 1. The van der Waals surface area contributed by atoms with Gasteiger partial charge >= 0.3 is 0 Å². The Labute approximate surface area is 85.9 Å². The topological polar surface area (TPSA) is 53.1 Å². The van der Waals surface area contributed by atoms with Crippen LogP contribution in [-0.2, 0) is 11.1 Å². The van der Waals surface area contributed by atoms with Crippen LogP contribution in [0.1, 0.15) is 0 Å². The van der Waals surface area contributed by atoms with Crippen molar-refractivity contribution in [3.63, 3.8) is 0 Å². The van der Waals surface area contributed by atoms with Gasteiger partial charge in [-0.3, -0.25) is 0 Å². The molecule has 0 amide bonds. The molecule has 74 valence electrons. The van der Waals surface area contributed by atoms with Crippen molar-refractivity contribution in [1.29, 1.82) is 0 Å². The van der Waals surface area contributed by atoms with E-state index < -0.39 is 11.1 Å². The molecule has 0 saturated carbocycles. The van der Waals surface area contributed by atoms with Gasteiger partial charge in [-0.05, 0) is 17.5 Å². The highest BCUT2D eigenvalue weighted by Gasteiger charge is 2.10. The third kappa shape index (κ3) is 1.63. The molecule has 1 unspecified atom stereocenters. The van der Waals surface area contributed by atoms with Crippen LogP contribution in [0.25, 0.3) is 10.6 Å². The van der Waals surface area contributed by atoms with Gasteiger partial charge in [0.05, 0.1) is 15.5 Å². The molecular weight excluding hydrogens is 225 g/mol. The lowest BCUT2D eigenvalue weighted by Gasteiger charge is -1.90. The zero-order valence-corrected chi connectivity index (χ0v) is 8.49. The number of aromatic amines is 1. The average molecular weight is 231 g/mol. The van der Waals surface area contributed by atoms with E-state index in [0.717, 1.165) is 0 Å². The zero-order valence-electron chi connectivity index (χ0n) is 6.86. The number of aromatic nitrogens is 1. The van der Waals surface area contributed by atoms with Gasteiger partial charge in [0.25, 0.3) is 0 Å². The number of rotatable bonds is 2. The van der Waals surface area contributed by atoms with Gasteiger partial charge in [-0.2, -0.15) is 0 Å². The maximum absolute atomic E-state index is 13.1. The van der Waals surface area contributed by atoms with Crippen LogP contribution in [-0.4, -0.2) is 13.7 Å². The molecule has 2 aromatic rings. The summed E-state index contributed by atoms with van der Waals surface area (Å²) in [7, 11) is 0. The fourth-order valence-electron chi connectivity index (χ4n) is 1.09. The second kappa shape index (κ2) is 3.64. The third-order valence-corrected chi connectivity index (χ3v) is 3.28. The van der Waals surface area contributed by atoms with E-state index in [1.54, 1.807) is 5.38 Å². The molecule has 0 fully saturated rings. The molecule has 2 heterocycles. The maximum atomic E-state index is 13.1. The molecule has 1 atom stereocenters. The number of hydrogen-bond acceptors (Lipinski definition) is 2. The molecule has 3 nitrogen and oxygen atoms in total. The van der Waals surface area contributed by atoms with Crippen molar-refractivity contribution in [2.45, 2.75) is 4.90 Å². The van der Waals surface area contributed by atoms with Crippen LogP contribution >= 0.6 is 11.3 Å². The Kier molecular flexibility index (Phi) is 2.49. The Morgan fingerprint density at radius 1 is 1.57 bits per heavy atom. The summed E-state index contributed by atoms with van der Waals surface area (Å²) in [6.45, 7) is 0. The first-order chi connectivity index (χ1) is 6.68. The smallest absolute Gasteiger partial charge is 0.188 e. The van der Waals surface area contributed by atoms with Crippen molar-refractivity contribution < 1.29 is 13.2 Å². The standard InChI is InChI=1S/C8H6FNO2S2/c9-6-1-2-13-8(6)7-3-5(4-10-7)14(11)12/h1-4,10H,(H,11,12). The molecule has 0 spiro atoms. The van der Waals surface area contributed by atoms with Crippen LogP contribution in [0.5, 0.6) is 0 Å². The van der Waals surface area contributed by atoms with Gasteiger partial charge < -0.3 is 9.54 Å². The maximum Gasteiger partial charge on any atom is 0.188 e. The van der Waals surface area contributed by atoms with Crippen molar-refractivity contribution in [3.8, 4) is 10.6 Å². The first-order valence-electron chi connectivity index (χ1n) is 3.71. The summed E-state index contributed by atoms with van der Waals surface area (Å²) in [4.78, 5) is 3.44. The average Bonchev–Trinajstić information content (AvgIpc) is 2.71. The van der Waals surface area contributed by atoms with Crippen LogP contribution in [0.4, 0.5) is 4.39 Å². The number of halogens is 1. The predicted octanol–water partition coefficient (Wildman–Crippen LogP) is 2.46. The van der Waals surface area contributed by atoms with E-state index in [-0.39, 0.29) is 10.7 Å². The minimum absolute atomic E-state index is 0.243. The van der Waals surface area contributed by atoms with E-state index in [9.17, 15) is 8.60 Å². The molecule has 0 radical (unpaired) electrons. The normalized spacial score (nSPS) is 13.0. The van der Waals surface area contributed by atoms with Gasteiger partial charge in [0, 0.05) is 6.20 Å². The van der Waals surface area contributed by atoms with Gasteiger partial charge in [-0.15, -0.1) is 11.3 Å². The van der Waals surface area contributed by atoms with Gasteiger partial charge in [0.2, 0.25) is 0 Å². The molecule has 14 heavy (non-hydrogen) atoms. The minimum atomic E-state index is -2.03. The summed E-state index contributed by atoms with van der Waals surface area (Å²) >= 11 is -0.785.